The van der Waals surface area contributed by atoms with Crippen LogP contribution in [-0.2, 0) is 16.0 Å². The van der Waals surface area contributed by atoms with Gasteiger partial charge in [0.25, 0.3) is 0 Å². The van der Waals surface area contributed by atoms with Crippen LogP contribution in [0.3, 0.4) is 0 Å². The van der Waals surface area contributed by atoms with Crippen molar-refractivity contribution < 1.29 is 9.59 Å². The van der Waals surface area contributed by atoms with Gasteiger partial charge in [0.05, 0.1) is 13.0 Å². The third-order valence-electron chi connectivity index (χ3n) is 3.47. The molecule has 0 aromatic heterocycles. The largest absolute Gasteiger partial charge is 0.339 e. The number of carbonyl (C=O) groups excluding carboxylic acids is 2. The first kappa shape index (κ1) is 17.5. The lowest BCUT2D eigenvalue weighted by atomic mass is 10.1. The number of amides is 2. The van der Waals surface area contributed by atoms with Crippen molar-refractivity contribution in [2.75, 3.05) is 39.8 Å². The molecular weight excluding hydrogens is 290 g/mol. The molecule has 0 spiro atoms. The fourth-order valence-corrected chi connectivity index (χ4v) is 2.21. The van der Waals surface area contributed by atoms with E-state index in [4.69, 9.17) is 0 Å². The fourth-order valence-electron chi connectivity index (χ4n) is 2.21. The molecule has 2 amide bonds. The molecule has 21 heavy (non-hydrogen) atoms. The second kappa shape index (κ2) is 8.64. The lowest BCUT2D eigenvalue weighted by Gasteiger charge is -2.29. The van der Waals surface area contributed by atoms with E-state index in [1.165, 1.54) is 4.90 Å². The molecule has 2 rings (SSSR count). The molecule has 1 aromatic carbocycles. The normalized spacial score (nSPS) is 14.2. The quantitative estimate of drug-likeness (QED) is 0.883. The van der Waals surface area contributed by atoms with Crippen molar-refractivity contribution in [2.45, 2.75) is 6.42 Å². The van der Waals surface area contributed by atoms with E-state index in [9.17, 15) is 9.59 Å². The van der Waals surface area contributed by atoms with Gasteiger partial charge in [-0.2, -0.15) is 0 Å². The van der Waals surface area contributed by atoms with Crippen molar-refractivity contribution in [1.29, 1.82) is 0 Å². The predicted molar refractivity (Wildman–Crippen MR) is 84.5 cm³/mol. The van der Waals surface area contributed by atoms with Crippen molar-refractivity contribution in [1.82, 2.24) is 15.1 Å². The van der Waals surface area contributed by atoms with Gasteiger partial charge in [-0.05, 0) is 5.56 Å². The predicted octanol–water partition coefficient (Wildman–Crippen LogP) is 0.541. The average Bonchev–Trinajstić information content (AvgIpc) is 2.49. The minimum atomic E-state index is -0.0281. The molecule has 1 aromatic rings. The molecule has 6 heteroatoms. The summed E-state index contributed by atoms with van der Waals surface area (Å²) in [5.41, 5.74) is 0.971. The lowest BCUT2D eigenvalue weighted by molar-refractivity contribution is -0.139. The number of rotatable bonds is 4. The molecule has 0 atom stereocenters. The van der Waals surface area contributed by atoms with E-state index in [1.807, 2.05) is 35.2 Å². The Hall–Kier alpha value is -1.59. The van der Waals surface area contributed by atoms with Gasteiger partial charge < -0.3 is 15.1 Å². The average molecular weight is 312 g/mol. The first-order chi connectivity index (χ1) is 9.66. The van der Waals surface area contributed by atoms with Crippen molar-refractivity contribution in [3.8, 4) is 0 Å². The van der Waals surface area contributed by atoms with Crippen LogP contribution in [0, 0.1) is 0 Å². The molecule has 0 bridgehead atoms. The Morgan fingerprint density at radius 1 is 1.19 bits per heavy atom. The van der Waals surface area contributed by atoms with Crippen LogP contribution in [0.1, 0.15) is 5.56 Å². The summed E-state index contributed by atoms with van der Waals surface area (Å²) in [4.78, 5) is 27.5. The molecule has 0 saturated carbocycles. The maximum absolute atomic E-state index is 12.1. The van der Waals surface area contributed by atoms with Crippen molar-refractivity contribution >= 4 is 24.2 Å². The lowest BCUT2D eigenvalue weighted by Crippen LogP contribution is -2.49. The molecule has 1 N–H and O–H groups in total. The fraction of sp³-hybridized carbons (Fsp3) is 0.467. The number of hydrogen-bond donors (Lipinski definition) is 1. The molecular formula is C15H22ClN3O2. The Morgan fingerprint density at radius 3 is 2.43 bits per heavy atom. The van der Waals surface area contributed by atoms with Crippen LogP contribution in [0.25, 0.3) is 0 Å². The third-order valence-corrected chi connectivity index (χ3v) is 3.47. The summed E-state index contributed by atoms with van der Waals surface area (Å²) < 4.78 is 0. The maximum Gasteiger partial charge on any atom is 0.242 e. The number of nitrogens with zero attached hydrogens (tertiary/aromatic N) is 2. The number of likely N-dealkylation sites (N-methyl/N-ethyl adjacent to an activating group) is 1. The molecule has 1 saturated heterocycles. The second-order valence-corrected chi connectivity index (χ2v) is 5.04. The number of halogens is 1. The van der Waals surface area contributed by atoms with E-state index >= 15 is 0 Å². The van der Waals surface area contributed by atoms with Crippen LogP contribution < -0.4 is 5.32 Å². The molecule has 1 aliphatic heterocycles. The molecule has 5 nitrogen and oxygen atoms in total. The summed E-state index contributed by atoms with van der Waals surface area (Å²) in [7, 11) is 1.69. The van der Waals surface area contributed by atoms with Crippen molar-refractivity contribution in [3.05, 3.63) is 35.9 Å². The Labute approximate surface area is 131 Å². The Morgan fingerprint density at radius 2 is 1.81 bits per heavy atom. The minimum Gasteiger partial charge on any atom is -0.339 e. The summed E-state index contributed by atoms with van der Waals surface area (Å²) in [6.07, 6.45) is 0.339. The van der Waals surface area contributed by atoms with E-state index in [2.05, 4.69) is 5.32 Å². The smallest absolute Gasteiger partial charge is 0.242 e. The summed E-state index contributed by atoms with van der Waals surface area (Å²) in [5.74, 6) is -0.00454. The summed E-state index contributed by atoms with van der Waals surface area (Å²) >= 11 is 0. The van der Waals surface area contributed by atoms with E-state index in [1.54, 1.807) is 7.05 Å². The molecule has 1 fully saturated rings. The van der Waals surface area contributed by atoms with Gasteiger partial charge in [0.1, 0.15) is 0 Å². The number of nitrogens with one attached hydrogen (secondary N) is 1. The van der Waals surface area contributed by atoms with Crippen molar-refractivity contribution in [2.24, 2.45) is 0 Å². The topological polar surface area (TPSA) is 52.7 Å². The zero-order valence-corrected chi connectivity index (χ0v) is 13.1. The van der Waals surface area contributed by atoms with Gasteiger partial charge in [-0.15, -0.1) is 12.4 Å². The Bertz CT molecular complexity index is 461. The number of hydrogen-bond acceptors (Lipinski definition) is 3. The van der Waals surface area contributed by atoms with E-state index < -0.39 is 0 Å². The SMILES string of the molecule is CN(CC(=O)N1CCNCC1)C(=O)Cc1ccccc1.Cl. The van der Waals surface area contributed by atoms with Crippen LogP contribution in [0.5, 0.6) is 0 Å². The molecule has 0 radical (unpaired) electrons. The number of piperazine rings is 1. The van der Waals surface area contributed by atoms with Gasteiger partial charge in [-0.25, -0.2) is 0 Å². The van der Waals surface area contributed by atoms with Crippen LogP contribution in [0.4, 0.5) is 0 Å². The zero-order chi connectivity index (χ0) is 14.4. The molecule has 116 valence electrons. The van der Waals surface area contributed by atoms with Gasteiger partial charge in [-0.1, -0.05) is 30.3 Å². The van der Waals surface area contributed by atoms with Gasteiger partial charge in [-0.3, -0.25) is 9.59 Å². The molecule has 1 heterocycles. The second-order valence-electron chi connectivity index (χ2n) is 5.04. The molecule has 1 aliphatic rings. The van der Waals surface area contributed by atoms with E-state index in [0.29, 0.717) is 6.42 Å². The standard InChI is InChI=1S/C15H21N3O2.ClH/c1-17(12-15(20)18-9-7-16-8-10-18)14(19)11-13-5-3-2-4-6-13;/h2-6,16H,7-12H2,1H3;1H. The Balaban J connectivity index is 0.00000220. The highest BCUT2D eigenvalue weighted by Gasteiger charge is 2.19. The summed E-state index contributed by atoms with van der Waals surface area (Å²) in [5, 5.41) is 3.20. The van der Waals surface area contributed by atoms with Crippen LogP contribution in [-0.4, -0.2) is 61.4 Å². The summed E-state index contributed by atoms with van der Waals surface area (Å²) in [6, 6.07) is 9.59. The summed E-state index contributed by atoms with van der Waals surface area (Å²) in [6.45, 7) is 3.26. The van der Waals surface area contributed by atoms with Crippen LogP contribution in [0.15, 0.2) is 30.3 Å². The van der Waals surface area contributed by atoms with Gasteiger partial charge >= 0.3 is 0 Å². The maximum atomic E-state index is 12.1. The van der Waals surface area contributed by atoms with Gasteiger partial charge in [0.2, 0.25) is 11.8 Å². The van der Waals surface area contributed by atoms with E-state index in [0.717, 1.165) is 31.7 Å². The number of carbonyl (C=O) groups is 2. The highest BCUT2D eigenvalue weighted by molar-refractivity contribution is 5.86. The van der Waals surface area contributed by atoms with Crippen LogP contribution in [0.2, 0.25) is 0 Å². The molecule has 0 aliphatic carbocycles. The van der Waals surface area contributed by atoms with Gasteiger partial charge in [0.15, 0.2) is 0 Å². The highest BCUT2D eigenvalue weighted by Crippen LogP contribution is 2.03. The Kier molecular flexibility index (Phi) is 7.19. The third kappa shape index (κ3) is 5.36. The van der Waals surface area contributed by atoms with Crippen molar-refractivity contribution in [3.63, 3.8) is 0 Å². The molecule has 0 unspecified atom stereocenters. The first-order valence-electron chi connectivity index (χ1n) is 6.93. The first-order valence-corrected chi connectivity index (χ1v) is 6.93. The van der Waals surface area contributed by atoms with Gasteiger partial charge in [0, 0.05) is 33.2 Å². The monoisotopic (exact) mass is 311 g/mol. The minimum absolute atomic E-state index is 0. The number of benzene rings is 1. The zero-order valence-electron chi connectivity index (χ0n) is 12.2. The van der Waals surface area contributed by atoms with E-state index in [-0.39, 0.29) is 30.8 Å². The van der Waals surface area contributed by atoms with Crippen LogP contribution >= 0.6 is 12.4 Å². The highest BCUT2D eigenvalue weighted by atomic mass is 35.5.